The third-order valence-electron chi connectivity index (χ3n) is 4.66. The summed E-state index contributed by atoms with van der Waals surface area (Å²) in [6.45, 7) is 1.43. The van der Waals surface area contributed by atoms with Crippen molar-refractivity contribution in [1.82, 2.24) is 9.55 Å². The van der Waals surface area contributed by atoms with E-state index < -0.39 is 16.6 Å². The molecule has 0 amide bonds. The number of hydrogen-bond donors (Lipinski definition) is 2. The molecule has 9 heteroatoms. The summed E-state index contributed by atoms with van der Waals surface area (Å²) in [7, 11) is -1.76. The lowest BCUT2D eigenvalue weighted by atomic mass is 10.1. The minimum Gasteiger partial charge on any atom is -0.395 e. The fourth-order valence-electron chi connectivity index (χ4n) is 3.19. The summed E-state index contributed by atoms with van der Waals surface area (Å²) in [5, 5.41) is 9.37. The van der Waals surface area contributed by atoms with Crippen LogP contribution in [-0.2, 0) is 23.5 Å². The van der Waals surface area contributed by atoms with Crippen molar-refractivity contribution in [2.45, 2.75) is 13.3 Å². The zero-order chi connectivity index (χ0) is 21.9. The molecule has 0 aliphatic heterocycles. The first kappa shape index (κ1) is 22.0. The van der Waals surface area contributed by atoms with Crippen LogP contribution in [0.15, 0.2) is 48.7 Å². The summed E-state index contributed by atoms with van der Waals surface area (Å²) in [5.74, 6) is -0.457. The number of carbonyl (C=O) groups is 1. The van der Waals surface area contributed by atoms with Gasteiger partial charge in [0.15, 0.2) is 0 Å². The topological polar surface area (TPSA) is 101 Å². The van der Waals surface area contributed by atoms with Gasteiger partial charge in [0.05, 0.1) is 29.9 Å². The summed E-state index contributed by atoms with van der Waals surface area (Å²) in [6, 6.07) is 12.1. The summed E-state index contributed by atoms with van der Waals surface area (Å²) < 4.78 is 27.7. The van der Waals surface area contributed by atoms with E-state index in [9.17, 15) is 13.2 Å². The van der Waals surface area contributed by atoms with Crippen molar-refractivity contribution in [3.8, 4) is 0 Å². The molecule has 2 N–H and O–H groups in total. The van der Waals surface area contributed by atoms with Gasteiger partial charge in [-0.15, -0.1) is 0 Å². The summed E-state index contributed by atoms with van der Waals surface area (Å²) >= 11 is 5.91. The quantitative estimate of drug-likeness (QED) is 0.517. The molecule has 0 saturated carbocycles. The number of benzene rings is 1. The van der Waals surface area contributed by atoms with Crippen LogP contribution in [0.4, 0.5) is 5.69 Å². The minimum absolute atomic E-state index is 0.0838. The number of halogens is 1. The molecule has 0 bridgehead atoms. The number of nitrogens with zero attached hydrogens (tertiary/aromatic N) is 2. The number of aliphatic hydroxyl groups is 1. The molecular formula is C21H22ClN3O4S. The van der Waals surface area contributed by atoms with E-state index in [0.29, 0.717) is 28.4 Å². The van der Waals surface area contributed by atoms with E-state index in [1.807, 2.05) is 24.6 Å². The first-order valence-electron chi connectivity index (χ1n) is 9.22. The van der Waals surface area contributed by atoms with E-state index >= 15 is 0 Å². The smallest absolute Gasteiger partial charge is 0.235 e. The fraction of sp³-hybridized carbons (Fsp3) is 0.238. The lowest BCUT2D eigenvalue weighted by Crippen LogP contribution is -2.19. The number of pyridine rings is 1. The van der Waals surface area contributed by atoms with Gasteiger partial charge in [-0.1, -0.05) is 11.6 Å². The Bertz CT molecular complexity index is 1150. The maximum Gasteiger partial charge on any atom is 0.235 e. The van der Waals surface area contributed by atoms with Gasteiger partial charge in [-0.3, -0.25) is 14.5 Å². The molecule has 0 radical (unpaired) electrons. The van der Waals surface area contributed by atoms with Crippen LogP contribution in [0.2, 0.25) is 5.02 Å². The third kappa shape index (κ3) is 5.08. The Labute approximate surface area is 180 Å². The van der Waals surface area contributed by atoms with Crippen LogP contribution < -0.4 is 4.72 Å². The molecule has 2 aromatic heterocycles. The number of rotatable bonds is 8. The van der Waals surface area contributed by atoms with E-state index in [1.54, 1.807) is 36.4 Å². The Kier molecular flexibility index (Phi) is 6.60. The van der Waals surface area contributed by atoms with Crippen LogP contribution >= 0.6 is 11.6 Å². The van der Waals surface area contributed by atoms with E-state index in [0.717, 1.165) is 17.0 Å². The largest absolute Gasteiger partial charge is 0.395 e. The highest BCUT2D eigenvalue weighted by molar-refractivity contribution is 7.92. The monoisotopic (exact) mass is 447 g/mol. The summed E-state index contributed by atoms with van der Waals surface area (Å²) in [5.41, 5.74) is 3.99. The maximum atomic E-state index is 12.9. The average Bonchev–Trinajstić information content (AvgIpc) is 2.96. The minimum atomic E-state index is -3.59. The second-order valence-corrected chi connectivity index (χ2v) is 9.20. The molecule has 2 heterocycles. The van der Waals surface area contributed by atoms with Gasteiger partial charge in [0.2, 0.25) is 15.8 Å². The normalized spacial score (nSPS) is 11.5. The fourth-order valence-corrected chi connectivity index (χ4v) is 4.14. The van der Waals surface area contributed by atoms with Gasteiger partial charge >= 0.3 is 0 Å². The van der Waals surface area contributed by atoms with Crippen LogP contribution in [0, 0.1) is 6.92 Å². The molecular weight excluding hydrogens is 426 g/mol. The second-order valence-electron chi connectivity index (χ2n) is 6.92. The third-order valence-corrected chi connectivity index (χ3v) is 6.18. The molecule has 7 nitrogen and oxygen atoms in total. The first-order valence-corrected chi connectivity index (χ1v) is 11.2. The van der Waals surface area contributed by atoms with Crippen molar-refractivity contribution < 1.29 is 18.3 Å². The highest BCUT2D eigenvalue weighted by Crippen LogP contribution is 2.21. The van der Waals surface area contributed by atoms with Crippen molar-refractivity contribution in [1.29, 1.82) is 0 Å². The molecule has 3 rings (SSSR count). The molecule has 3 aromatic rings. The van der Waals surface area contributed by atoms with Gasteiger partial charge < -0.3 is 9.67 Å². The SMILES string of the molecule is Cc1cc(Cc2ccc(NS(=O)(=O)CCO)cn2)n(C)c1C(=O)c1ccc(Cl)cc1. The van der Waals surface area contributed by atoms with Gasteiger partial charge in [0.1, 0.15) is 0 Å². The summed E-state index contributed by atoms with van der Waals surface area (Å²) in [6.07, 6.45) is 1.91. The van der Waals surface area contributed by atoms with E-state index in [2.05, 4.69) is 9.71 Å². The van der Waals surface area contributed by atoms with Gasteiger partial charge in [-0.25, -0.2) is 8.42 Å². The van der Waals surface area contributed by atoms with Crippen LogP contribution in [0.5, 0.6) is 0 Å². The molecule has 0 saturated heterocycles. The van der Waals surface area contributed by atoms with E-state index in [4.69, 9.17) is 16.7 Å². The Morgan fingerprint density at radius 1 is 1.20 bits per heavy atom. The number of nitrogens with one attached hydrogen (secondary N) is 1. The number of aliphatic hydroxyl groups excluding tert-OH is 1. The number of ketones is 1. The molecule has 0 spiro atoms. The van der Waals surface area contributed by atoms with Crippen molar-refractivity contribution in [2.24, 2.45) is 7.05 Å². The zero-order valence-electron chi connectivity index (χ0n) is 16.6. The number of anilines is 1. The van der Waals surface area contributed by atoms with Gasteiger partial charge in [0.25, 0.3) is 0 Å². The first-order chi connectivity index (χ1) is 14.2. The Morgan fingerprint density at radius 3 is 2.50 bits per heavy atom. The van der Waals surface area contributed by atoms with E-state index in [1.165, 1.54) is 6.20 Å². The lowest BCUT2D eigenvalue weighted by Gasteiger charge is -2.09. The number of aromatic nitrogens is 2. The zero-order valence-corrected chi connectivity index (χ0v) is 18.2. The summed E-state index contributed by atoms with van der Waals surface area (Å²) in [4.78, 5) is 17.2. The molecule has 0 aliphatic rings. The number of hydrogen-bond acceptors (Lipinski definition) is 5. The predicted octanol–water partition coefficient (Wildman–Crippen LogP) is 2.94. The van der Waals surface area contributed by atoms with Crippen LogP contribution in [0.25, 0.3) is 0 Å². The van der Waals surface area contributed by atoms with Crippen LogP contribution in [-0.4, -0.2) is 41.2 Å². The van der Waals surface area contributed by atoms with Gasteiger partial charge in [-0.2, -0.15) is 0 Å². The highest BCUT2D eigenvalue weighted by Gasteiger charge is 2.19. The number of aryl methyl sites for hydroxylation is 1. The van der Waals surface area contributed by atoms with Crippen LogP contribution in [0.3, 0.4) is 0 Å². The maximum absolute atomic E-state index is 12.9. The molecule has 0 fully saturated rings. The van der Waals surface area contributed by atoms with Gasteiger partial charge in [0, 0.05) is 35.4 Å². The molecule has 1 aromatic carbocycles. The average molecular weight is 448 g/mol. The van der Waals surface area contributed by atoms with Crippen molar-refractivity contribution in [3.63, 3.8) is 0 Å². The van der Waals surface area contributed by atoms with E-state index in [-0.39, 0.29) is 11.5 Å². The van der Waals surface area contributed by atoms with Gasteiger partial charge in [-0.05, 0) is 55.0 Å². The number of sulfonamides is 1. The second kappa shape index (κ2) is 8.99. The number of carbonyl (C=O) groups excluding carboxylic acids is 1. The molecule has 0 aliphatic carbocycles. The highest BCUT2D eigenvalue weighted by atomic mass is 35.5. The Hall–Kier alpha value is -2.68. The Morgan fingerprint density at radius 2 is 1.90 bits per heavy atom. The standard InChI is InChI=1S/C21H22ClN3O4S/c1-14-11-19(25(2)20(14)21(27)15-3-5-16(22)6-4-15)12-17-7-8-18(13-23-17)24-30(28,29)10-9-26/h3-8,11,13,24,26H,9-10,12H2,1-2H3. The lowest BCUT2D eigenvalue weighted by molar-refractivity contribution is 0.103. The molecule has 30 heavy (non-hydrogen) atoms. The Balaban J connectivity index is 1.79. The van der Waals surface area contributed by atoms with Crippen molar-refractivity contribution in [2.75, 3.05) is 17.1 Å². The predicted molar refractivity (Wildman–Crippen MR) is 117 cm³/mol. The molecule has 0 atom stereocenters. The molecule has 158 valence electrons. The van der Waals surface area contributed by atoms with Crippen LogP contribution in [0.1, 0.15) is 33.0 Å². The molecule has 0 unspecified atom stereocenters. The van der Waals surface area contributed by atoms with Crippen molar-refractivity contribution in [3.05, 3.63) is 81.9 Å². The van der Waals surface area contributed by atoms with Crippen molar-refractivity contribution >= 4 is 33.1 Å².